The maximum absolute atomic E-state index is 2.41. The zero-order valence-electron chi connectivity index (χ0n) is 24.2. The molecule has 0 radical (unpaired) electrons. The van der Waals surface area contributed by atoms with Crippen LogP contribution in [0.1, 0.15) is 0 Å². The van der Waals surface area contributed by atoms with Crippen molar-refractivity contribution in [2.45, 2.75) is 0 Å². The van der Waals surface area contributed by atoms with E-state index in [0.717, 1.165) is 0 Å². The molecule has 0 aliphatic heterocycles. The third kappa shape index (κ3) is 4.00. The standard InChI is InChI=1S/C44H28/c1-3-11-29(12-4-1)31-15-7-17-33(23-31)37-25-35-19-9-22-40-42-28-38(34-18-8-16-32(24-34)30-13-5-2-6-14-30)26-36-20-10-21-39(44(36)42)41(27-37)43(35)40/h1-28H. The van der Waals surface area contributed by atoms with Crippen LogP contribution in [0.25, 0.3) is 87.6 Å². The fraction of sp³-hybridized carbons (Fsp3) is 0. The molecular weight excluding hydrogens is 528 g/mol. The third-order valence-electron chi connectivity index (χ3n) is 9.14. The van der Waals surface area contributed by atoms with Crippen molar-refractivity contribution >= 4 is 43.1 Å². The summed E-state index contributed by atoms with van der Waals surface area (Å²) < 4.78 is 0. The molecular formula is C44H28. The van der Waals surface area contributed by atoms with Crippen LogP contribution >= 0.6 is 0 Å². The summed E-state index contributed by atoms with van der Waals surface area (Å²) in [5.74, 6) is 0. The molecule has 0 amide bonds. The first-order chi connectivity index (χ1) is 21.8. The molecule has 0 N–H and O–H groups in total. The van der Waals surface area contributed by atoms with Crippen LogP contribution in [0.15, 0.2) is 170 Å². The summed E-state index contributed by atoms with van der Waals surface area (Å²) in [7, 11) is 0. The van der Waals surface area contributed by atoms with Gasteiger partial charge >= 0.3 is 0 Å². The number of fused-ring (bicyclic) bond motifs is 2. The van der Waals surface area contributed by atoms with Crippen molar-refractivity contribution < 1.29 is 0 Å². The number of hydrogen-bond acceptors (Lipinski definition) is 0. The molecule has 44 heavy (non-hydrogen) atoms. The molecule has 0 unspecified atom stereocenters. The third-order valence-corrected chi connectivity index (χ3v) is 9.14. The van der Waals surface area contributed by atoms with E-state index in [9.17, 15) is 0 Å². The molecule has 0 aliphatic rings. The van der Waals surface area contributed by atoms with Crippen molar-refractivity contribution in [3.63, 3.8) is 0 Å². The second-order valence-electron chi connectivity index (χ2n) is 11.7. The monoisotopic (exact) mass is 556 g/mol. The van der Waals surface area contributed by atoms with E-state index in [1.54, 1.807) is 0 Å². The lowest BCUT2D eigenvalue weighted by Gasteiger charge is -2.17. The first-order valence-electron chi connectivity index (χ1n) is 15.3. The topological polar surface area (TPSA) is 0 Å². The molecule has 9 aromatic rings. The average Bonchev–Trinajstić information content (AvgIpc) is 3.11. The zero-order valence-corrected chi connectivity index (χ0v) is 24.2. The Balaban J connectivity index is 1.27. The molecule has 0 atom stereocenters. The van der Waals surface area contributed by atoms with Crippen LogP contribution < -0.4 is 0 Å². The van der Waals surface area contributed by atoms with Crippen molar-refractivity contribution in [1.29, 1.82) is 0 Å². The summed E-state index contributed by atoms with van der Waals surface area (Å²) in [6, 6.07) is 62.3. The molecule has 0 heterocycles. The molecule has 0 nitrogen and oxygen atoms in total. The largest absolute Gasteiger partial charge is 0.0622 e. The SMILES string of the molecule is c1ccc(-c2cccc(-c3cc4cccc5c6cc(-c7cccc(-c8ccccc8)c7)cc7cccc(c(c3)c45)c76)c2)cc1. The molecule has 0 heteroatoms. The lowest BCUT2D eigenvalue weighted by Crippen LogP contribution is -1.90. The van der Waals surface area contributed by atoms with Gasteiger partial charge in [-0.3, -0.25) is 0 Å². The summed E-state index contributed by atoms with van der Waals surface area (Å²) >= 11 is 0. The summed E-state index contributed by atoms with van der Waals surface area (Å²) in [4.78, 5) is 0. The molecule has 0 fully saturated rings. The van der Waals surface area contributed by atoms with Gasteiger partial charge in [0.1, 0.15) is 0 Å². The van der Waals surface area contributed by atoms with Crippen molar-refractivity contribution in [3.05, 3.63) is 170 Å². The average molecular weight is 557 g/mol. The van der Waals surface area contributed by atoms with Crippen LogP contribution in [0.3, 0.4) is 0 Å². The molecule has 0 spiro atoms. The predicted molar refractivity (Wildman–Crippen MR) is 189 cm³/mol. The van der Waals surface area contributed by atoms with Gasteiger partial charge in [-0.2, -0.15) is 0 Å². The van der Waals surface area contributed by atoms with Crippen LogP contribution in [0, 0.1) is 0 Å². The van der Waals surface area contributed by atoms with E-state index < -0.39 is 0 Å². The molecule has 0 aliphatic carbocycles. The first-order valence-corrected chi connectivity index (χ1v) is 15.3. The van der Waals surface area contributed by atoms with Crippen molar-refractivity contribution in [1.82, 2.24) is 0 Å². The normalized spacial score (nSPS) is 11.6. The van der Waals surface area contributed by atoms with Gasteiger partial charge in [-0.15, -0.1) is 0 Å². The fourth-order valence-electron chi connectivity index (χ4n) is 7.08. The second kappa shape index (κ2) is 9.93. The molecule has 9 rings (SSSR count). The van der Waals surface area contributed by atoms with Crippen molar-refractivity contribution in [2.75, 3.05) is 0 Å². The highest BCUT2D eigenvalue weighted by molar-refractivity contribution is 6.33. The van der Waals surface area contributed by atoms with E-state index in [1.807, 2.05) is 0 Å². The quantitative estimate of drug-likeness (QED) is 0.149. The maximum Gasteiger partial charge on any atom is -0.00259 e. The van der Waals surface area contributed by atoms with E-state index in [1.165, 1.54) is 87.6 Å². The number of hydrogen-bond donors (Lipinski definition) is 0. The second-order valence-corrected chi connectivity index (χ2v) is 11.7. The van der Waals surface area contributed by atoms with E-state index >= 15 is 0 Å². The molecule has 0 aromatic heterocycles. The minimum Gasteiger partial charge on any atom is -0.0622 e. The molecule has 0 saturated heterocycles. The van der Waals surface area contributed by atoms with Gasteiger partial charge in [0, 0.05) is 0 Å². The summed E-state index contributed by atoms with van der Waals surface area (Å²) in [5.41, 5.74) is 9.92. The summed E-state index contributed by atoms with van der Waals surface area (Å²) in [6.45, 7) is 0. The zero-order chi connectivity index (χ0) is 29.0. The Labute approximate surface area is 256 Å². The Morgan fingerprint density at radius 1 is 0.205 bits per heavy atom. The summed E-state index contributed by atoms with van der Waals surface area (Å²) in [5, 5.41) is 10.5. The lowest BCUT2D eigenvalue weighted by molar-refractivity contribution is 1.60. The highest BCUT2D eigenvalue weighted by atomic mass is 14.2. The van der Waals surface area contributed by atoms with Crippen LogP contribution in [0.4, 0.5) is 0 Å². The van der Waals surface area contributed by atoms with E-state index in [-0.39, 0.29) is 0 Å². The van der Waals surface area contributed by atoms with Gasteiger partial charge in [-0.1, -0.05) is 133 Å². The van der Waals surface area contributed by atoms with Crippen LogP contribution in [-0.4, -0.2) is 0 Å². The van der Waals surface area contributed by atoms with E-state index in [0.29, 0.717) is 0 Å². The fourth-order valence-corrected chi connectivity index (χ4v) is 7.08. The van der Waals surface area contributed by atoms with Gasteiger partial charge in [-0.05, 0) is 124 Å². The Hall–Kier alpha value is -5.72. The Morgan fingerprint density at radius 2 is 0.568 bits per heavy atom. The Kier molecular flexibility index (Phi) is 5.61. The van der Waals surface area contributed by atoms with Crippen LogP contribution in [0.2, 0.25) is 0 Å². The maximum atomic E-state index is 2.41. The first kappa shape index (κ1) is 24.8. The lowest BCUT2D eigenvalue weighted by atomic mass is 9.86. The number of benzene rings is 9. The minimum absolute atomic E-state index is 1.24. The smallest absolute Gasteiger partial charge is 0.00259 e. The molecule has 204 valence electrons. The van der Waals surface area contributed by atoms with Gasteiger partial charge in [-0.25, -0.2) is 0 Å². The molecule has 0 bridgehead atoms. The van der Waals surface area contributed by atoms with Gasteiger partial charge in [0.2, 0.25) is 0 Å². The van der Waals surface area contributed by atoms with Gasteiger partial charge in [0.15, 0.2) is 0 Å². The van der Waals surface area contributed by atoms with Gasteiger partial charge in [0.05, 0.1) is 0 Å². The summed E-state index contributed by atoms with van der Waals surface area (Å²) in [6.07, 6.45) is 0. The highest BCUT2D eigenvalue weighted by Crippen LogP contribution is 2.44. The minimum atomic E-state index is 1.24. The van der Waals surface area contributed by atoms with E-state index in [4.69, 9.17) is 0 Å². The van der Waals surface area contributed by atoms with Crippen molar-refractivity contribution in [2.24, 2.45) is 0 Å². The van der Waals surface area contributed by atoms with Crippen LogP contribution in [0.5, 0.6) is 0 Å². The Bertz CT molecular complexity index is 2290. The molecule has 9 aromatic carbocycles. The van der Waals surface area contributed by atoms with Crippen LogP contribution in [-0.2, 0) is 0 Å². The van der Waals surface area contributed by atoms with Crippen molar-refractivity contribution in [3.8, 4) is 44.5 Å². The predicted octanol–water partition coefficient (Wildman–Crippen LogP) is 12.4. The van der Waals surface area contributed by atoms with Gasteiger partial charge in [0.25, 0.3) is 0 Å². The highest BCUT2D eigenvalue weighted by Gasteiger charge is 2.16. The molecule has 0 saturated carbocycles. The van der Waals surface area contributed by atoms with E-state index in [2.05, 4.69) is 170 Å². The number of rotatable bonds is 4. The Morgan fingerprint density at radius 3 is 1.00 bits per heavy atom. The van der Waals surface area contributed by atoms with Gasteiger partial charge < -0.3 is 0 Å².